The maximum Gasteiger partial charge on any atom is 0.270 e. The fourth-order valence-corrected chi connectivity index (χ4v) is 2.16. The summed E-state index contributed by atoms with van der Waals surface area (Å²) >= 11 is 3.46. The molecule has 0 aliphatic heterocycles. The smallest absolute Gasteiger partial charge is 0.203 e. The highest BCUT2D eigenvalue weighted by Gasteiger charge is 2.09. The lowest BCUT2D eigenvalue weighted by Crippen LogP contribution is -2.27. The highest BCUT2D eigenvalue weighted by Crippen LogP contribution is 2.13. The summed E-state index contributed by atoms with van der Waals surface area (Å²) in [4.78, 5) is 0. The monoisotopic (exact) mass is 300 g/mol. The van der Waals surface area contributed by atoms with Gasteiger partial charge in [-0.3, -0.25) is 0 Å². The molecular weight excluding hydrogens is 290 g/mol. The Kier molecular flexibility index (Phi) is 2.94. The molecule has 0 radical (unpaired) electrons. The summed E-state index contributed by atoms with van der Waals surface area (Å²) in [5.74, 6) is 0. The van der Waals surface area contributed by atoms with Gasteiger partial charge in [0.2, 0.25) is 6.33 Å². The van der Waals surface area contributed by atoms with Gasteiger partial charge >= 0.3 is 0 Å². The van der Waals surface area contributed by atoms with Crippen LogP contribution in [0.4, 0.5) is 0 Å². The summed E-state index contributed by atoms with van der Waals surface area (Å²) in [6.07, 6.45) is 3.76. The first-order valence-corrected chi connectivity index (χ1v) is 6.39. The van der Waals surface area contributed by atoms with Crippen LogP contribution >= 0.6 is 15.9 Å². The summed E-state index contributed by atoms with van der Waals surface area (Å²) < 4.78 is 4.88. The van der Waals surface area contributed by atoms with Crippen LogP contribution in [-0.4, -0.2) is 9.78 Å². The van der Waals surface area contributed by atoms with Crippen LogP contribution in [0.25, 0.3) is 11.4 Å². The largest absolute Gasteiger partial charge is 0.270 e. The average Bonchev–Trinajstić information content (AvgIpc) is 2.89. The first-order chi connectivity index (χ1) is 8.83. The Morgan fingerprint density at radius 1 is 1.00 bits per heavy atom. The predicted molar refractivity (Wildman–Crippen MR) is 72.8 cm³/mol. The van der Waals surface area contributed by atoms with Gasteiger partial charge in [0.15, 0.2) is 0 Å². The van der Waals surface area contributed by atoms with E-state index >= 15 is 0 Å². The van der Waals surface area contributed by atoms with Gasteiger partial charge in [0.25, 0.3) is 6.33 Å². The van der Waals surface area contributed by atoms with Crippen molar-refractivity contribution in [1.29, 1.82) is 0 Å². The Hall–Kier alpha value is -1.94. The molecule has 4 heteroatoms. The summed E-state index contributed by atoms with van der Waals surface area (Å²) in [5, 5.41) is 4.36. The van der Waals surface area contributed by atoms with Gasteiger partial charge in [-0.1, -0.05) is 44.9 Å². The average molecular weight is 301 g/mol. The van der Waals surface area contributed by atoms with Crippen LogP contribution < -0.4 is 4.57 Å². The number of aromatic nitrogens is 3. The van der Waals surface area contributed by atoms with Gasteiger partial charge in [0, 0.05) is 9.57 Å². The van der Waals surface area contributed by atoms with E-state index < -0.39 is 0 Å². The molecule has 18 heavy (non-hydrogen) atoms. The fraction of sp³-hybridized carbons (Fsp3) is 0. The minimum atomic E-state index is 1.03. The van der Waals surface area contributed by atoms with Crippen molar-refractivity contribution in [3.05, 3.63) is 71.7 Å². The van der Waals surface area contributed by atoms with Crippen LogP contribution in [0.1, 0.15) is 0 Å². The van der Waals surface area contributed by atoms with E-state index in [4.69, 9.17) is 0 Å². The zero-order valence-corrected chi connectivity index (χ0v) is 11.2. The van der Waals surface area contributed by atoms with Crippen LogP contribution in [0.5, 0.6) is 0 Å². The van der Waals surface area contributed by atoms with Crippen molar-refractivity contribution in [3.63, 3.8) is 0 Å². The summed E-state index contributed by atoms with van der Waals surface area (Å²) in [7, 11) is 0. The molecule has 3 rings (SSSR count). The zero-order valence-electron chi connectivity index (χ0n) is 9.57. The molecule has 0 unspecified atom stereocenters. The van der Waals surface area contributed by atoms with Gasteiger partial charge in [-0.25, -0.2) is 4.57 Å². The van der Waals surface area contributed by atoms with Crippen molar-refractivity contribution in [2.75, 3.05) is 0 Å². The van der Waals surface area contributed by atoms with Crippen molar-refractivity contribution in [1.82, 2.24) is 9.78 Å². The molecule has 3 aromatic rings. The molecule has 0 aliphatic carbocycles. The second kappa shape index (κ2) is 4.74. The Labute approximate surface area is 113 Å². The van der Waals surface area contributed by atoms with E-state index in [0.717, 1.165) is 15.8 Å². The highest BCUT2D eigenvalue weighted by atomic mass is 79.9. The molecule has 1 aromatic heterocycles. The standard InChI is InChI=1S/C14H11BrN3/c15-12-5-4-8-14(9-12)18-11-17(10-16-18)13-6-2-1-3-7-13/h1-11H/q+1. The van der Waals surface area contributed by atoms with Crippen LogP contribution in [0.15, 0.2) is 71.7 Å². The third-order valence-electron chi connectivity index (χ3n) is 2.66. The lowest BCUT2D eigenvalue weighted by molar-refractivity contribution is -0.596. The number of halogens is 1. The second-order valence-corrected chi connectivity index (χ2v) is 4.83. The highest BCUT2D eigenvalue weighted by molar-refractivity contribution is 9.10. The molecule has 0 aliphatic rings. The lowest BCUT2D eigenvalue weighted by Gasteiger charge is -1.95. The third-order valence-corrected chi connectivity index (χ3v) is 3.15. The molecule has 0 saturated carbocycles. The molecular formula is C14H11BrN3+. The first kappa shape index (κ1) is 11.2. The summed E-state index contributed by atoms with van der Waals surface area (Å²) in [5.41, 5.74) is 2.12. The minimum absolute atomic E-state index is 1.03. The third kappa shape index (κ3) is 2.19. The predicted octanol–water partition coefficient (Wildman–Crippen LogP) is 2.91. The molecule has 0 amide bonds. The van der Waals surface area contributed by atoms with Crippen LogP contribution in [-0.2, 0) is 0 Å². The molecule has 0 spiro atoms. The first-order valence-electron chi connectivity index (χ1n) is 5.60. The Morgan fingerprint density at radius 3 is 2.61 bits per heavy atom. The van der Waals surface area contributed by atoms with Crippen molar-refractivity contribution in [2.24, 2.45) is 0 Å². The molecule has 0 N–H and O–H groups in total. The molecule has 88 valence electrons. The SMILES string of the molecule is Brc1cccc(-n2c[n+](-c3ccccc3)cn2)c1. The Balaban J connectivity index is 2.00. The minimum Gasteiger partial charge on any atom is -0.203 e. The van der Waals surface area contributed by atoms with Crippen LogP contribution in [0.3, 0.4) is 0 Å². The van der Waals surface area contributed by atoms with E-state index in [9.17, 15) is 0 Å². The molecule has 0 saturated heterocycles. The molecule has 3 nitrogen and oxygen atoms in total. The van der Waals surface area contributed by atoms with Crippen molar-refractivity contribution >= 4 is 15.9 Å². The maximum absolute atomic E-state index is 4.36. The normalized spacial score (nSPS) is 10.5. The van der Waals surface area contributed by atoms with E-state index in [1.165, 1.54) is 0 Å². The molecule has 0 bridgehead atoms. The molecule has 0 atom stereocenters. The van der Waals surface area contributed by atoms with Crippen molar-refractivity contribution < 1.29 is 4.57 Å². The summed E-state index contributed by atoms with van der Waals surface area (Å²) in [6.45, 7) is 0. The molecule has 2 aromatic carbocycles. The molecule has 1 heterocycles. The van der Waals surface area contributed by atoms with Gasteiger partial charge in [-0.05, 0) is 30.3 Å². The number of hydrogen-bond acceptors (Lipinski definition) is 1. The number of rotatable bonds is 2. The van der Waals surface area contributed by atoms with E-state index in [0.29, 0.717) is 0 Å². The van der Waals surface area contributed by atoms with Gasteiger partial charge in [0.05, 0.1) is 0 Å². The zero-order chi connectivity index (χ0) is 12.4. The molecule has 0 fully saturated rings. The van der Waals surface area contributed by atoms with Crippen LogP contribution in [0.2, 0.25) is 0 Å². The summed E-state index contributed by atoms with van der Waals surface area (Å²) in [6, 6.07) is 18.2. The van der Waals surface area contributed by atoms with E-state index in [1.807, 2.05) is 70.2 Å². The number of para-hydroxylation sites is 1. The van der Waals surface area contributed by atoms with Gasteiger partial charge in [0.1, 0.15) is 11.4 Å². The fourth-order valence-electron chi connectivity index (χ4n) is 1.77. The van der Waals surface area contributed by atoms with E-state index in [1.54, 1.807) is 6.33 Å². The van der Waals surface area contributed by atoms with Gasteiger partial charge in [-0.2, -0.15) is 0 Å². The number of benzene rings is 2. The quantitative estimate of drug-likeness (QED) is 0.667. The van der Waals surface area contributed by atoms with Crippen molar-refractivity contribution in [3.8, 4) is 11.4 Å². The van der Waals surface area contributed by atoms with E-state index in [-0.39, 0.29) is 0 Å². The topological polar surface area (TPSA) is 21.7 Å². The second-order valence-electron chi connectivity index (χ2n) is 3.91. The maximum atomic E-state index is 4.36. The lowest BCUT2D eigenvalue weighted by atomic mass is 10.3. The van der Waals surface area contributed by atoms with E-state index in [2.05, 4.69) is 21.0 Å². The van der Waals surface area contributed by atoms with Crippen LogP contribution in [0, 0.1) is 0 Å². The van der Waals surface area contributed by atoms with Crippen molar-refractivity contribution in [2.45, 2.75) is 0 Å². The Morgan fingerprint density at radius 2 is 1.83 bits per heavy atom. The van der Waals surface area contributed by atoms with Gasteiger partial charge in [-0.15, -0.1) is 0 Å². The van der Waals surface area contributed by atoms with Gasteiger partial charge < -0.3 is 0 Å². The Bertz CT molecular complexity index is 662. The number of nitrogens with zero attached hydrogens (tertiary/aromatic N) is 3. The number of hydrogen-bond donors (Lipinski definition) is 0.